The van der Waals surface area contributed by atoms with Crippen LogP contribution < -0.4 is 10.9 Å². The fraction of sp³-hybridized carbons (Fsp3) is 0.0714. The largest absolute Gasteiger partial charge is 0.430 e. The van der Waals surface area contributed by atoms with Crippen LogP contribution in [-0.2, 0) is 0 Å². The standard InChI is InChI=1S/C14H11NO4/c1-9(16)10-3-2-4-12(7-10)15-14(18)11-5-6-13(17)19-8-11/h2-8H,1H3,(H,15,18). The normalized spacial score (nSPS) is 9.95. The SMILES string of the molecule is CC(=O)c1cccc(NC(=O)c2ccc(=O)oc2)c1. The second-order valence-electron chi connectivity index (χ2n) is 3.93. The molecule has 1 heterocycles. The van der Waals surface area contributed by atoms with Gasteiger partial charge in [0.25, 0.3) is 5.91 Å². The maximum absolute atomic E-state index is 11.8. The minimum absolute atomic E-state index is 0.0817. The number of anilines is 1. The van der Waals surface area contributed by atoms with E-state index in [1.807, 2.05) is 0 Å². The van der Waals surface area contributed by atoms with Gasteiger partial charge in [-0.1, -0.05) is 12.1 Å². The maximum atomic E-state index is 11.8. The second-order valence-corrected chi connectivity index (χ2v) is 3.93. The highest BCUT2D eigenvalue weighted by Gasteiger charge is 2.08. The molecule has 1 amide bonds. The topological polar surface area (TPSA) is 76.4 Å². The number of benzene rings is 1. The van der Waals surface area contributed by atoms with Crippen LogP contribution in [0.2, 0.25) is 0 Å². The van der Waals surface area contributed by atoms with Crippen LogP contribution in [0.3, 0.4) is 0 Å². The van der Waals surface area contributed by atoms with Crippen molar-refractivity contribution in [2.24, 2.45) is 0 Å². The van der Waals surface area contributed by atoms with Crippen molar-refractivity contribution < 1.29 is 14.0 Å². The summed E-state index contributed by atoms with van der Waals surface area (Å²) in [4.78, 5) is 33.9. The van der Waals surface area contributed by atoms with E-state index in [0.717, 1.165) is 6.26 Å². The summed E-state index contributed by atoms with van der Waals surface area (Å²) >= 11 is 0. The predicted octanol–water partition coefficient (Wildman–Crippen LogP) is 2.09. The Hall–Kier alpha value is -2.69. The van der Waals surface area contributed by atoms with Gasteiger partial charge in [-0.05, 0) is 25.1 Å². The molecule has 5 nitrogen and oxygen atoms in total. The van der Waals surface area contributed by atoms with Gasteiger partial charge in [-0.15, -0.1) is 0 Å². The third kappa shape index (κ3) is 3.16. The first-order valence-corrected chi connectivity index (χ1v) is 5.57. The third-order valence-corrected chi connectivity index (χ3v) is 2.49. The Morgan fingerprint density at radius 1 is 1.11 bits per heavy atom. The molecule has 0 aliphatic carbocycles. The number of hydrogen-bond acceptors (Lipinski definition) is 4. The highest BCUT2D eigenvalue weighted by molar-refractivity contribution is 6.04. The van der Waals surface area contributed by atoms with Crippen LogP contribution in [0.1, 0.15) is 27.6 Å². The lowest BCUT2D eigenvalue weighted by Gasteiger charge is -2.05. The summed E-state index contributed by atoms with van der Waals surface area (Å²) in [7, 11) is 0. The lowest BCUT2D eigenvalue weighted by molar-refractivity contribution is 0.101. The molecule has 0 radical (unpaired) electrons. The molecule has 0 saturated carbocycles. The number of nitrogens with one attached hydrogen (secondary N) is 1. The summed E-state index contributed by atoms with van der Waals surface area (Å²) < 4.78 is 4.61. The Morgan fingerprint density at radius 2 is 1.89 bits per heavy atom. The zero-order valence-electron chi connectivity index (χ0n) is 10.2. The van der Waals surface area contributed by atoms with Gasteiger partial charge in [-0.2, -0.15) is 0 Å². The first-order chi connectivity index (χ1) is 9.06. The van der Waals surface area contributed by atoms with Crippen molar-refractivity contribution in [3.8, 4) is 0 Å². The Bertz CT molecular complexity index is 667. The van der Waals surface area contributed by atoms with Crippen LogP contribution >= 0.6 is 0 Å². The molecule has 5 heteroatoms. The number of rotatable bonds is 3. The van der Waals surface area contributed by atoms with Crippen molar-refractivity contribution in [1.82, 2.24) is 0 Å². The van der Waals surface area contributed by atoms with E-state index in [2.05, 4.69) is 9.73 Å². The molecule has 0 atom stereocenters. The molecule has 0 fully saturated rings. The van der Waals surface area contributed by atoms with Crippen molar-refractivity contribution in [2.45, 2.75) is 6.92 Å². The lowest BCUT2D eigenvalue weighted by Crippen LogP contribution is -2.13. The van der Waals surface area contributed by atoms with E-state index in [0.29, 0.717) is 11.3 Å². The van der Waals surface area contributed by atoms with Gasteiger partial charge in [-0.25, -0.2) is 4.79 Å². The van der Waals surface area contributed by atoms with Crippen LogP contribution in [0.4, 0.5) is 5.69 Å². The van der Waals surface area contributed by atoms with Crippen LogP contribution in [0.5, 0.6) is 0 Å². The van der Waals surface area contributed by atoms with E-state index in [1.54, 1.807) is 24.3 Å². The molecule has 1 aromatic carbocycles. The average Bonchev–Trinajstić information content (AvgIpc) is 2.39. The highest BCUT2D eigenvalue weighted by atomic mass is 16.4. The van der Waals surface area contributed by atoms with E-state index < -0.39 is 11.5 Å². The van der Waals surface area contributed by atoms with E-state index in [-0.39, 0.29) is 11.3 Å². The van der Waals surface area contributed by atoms with Crippen molar-refractivity contribution in [1.29, 1.82) is 0 Å². The van der Waals surface area contributed by atoms with Gasteiger partial charge in [0.15, 0.2) is 5.78 Å². The van der Waals surface area contributed by atoms with E-state index in [9.17, 15) is 14.4 Å². The molecule has 96 valence electrons. The summed E-state index contributed by atoms with van der Waals surface area (Å²) in [5.41, 5.74) is 0.726. The molecule has 0 unspecified atom stereocenters. The molecular weight excluding hydrogens is 246 g/mol. The Balaban J connectivity index is 2.19. The molecule has 0 bridgehead atoms. The van der Waals surface area contributed by atoms with E-state index in [1.165, 1.54) is 19.1 Å². The first kappa shape index (κ1) is 12.8. The number of Topliss-reactive ketones (excluding diaryl/α,β-unsaturated/α-hetero) is 1. The number of carbonyl (C=O) groups is 2. The zero-order valence-corrected chi connectivity index (χ0v) is 10.2. The lowest BCUT2D eigenvalue weighted by atomic mass is 10.1. The highest BCUT2D eigenvalue weighted by Crippen LogP contribution is 2.12. The summed E-state index contributed by atoms with van der Waals surface area (Å²) in [6.45, 7) is 1.45. The quantitative estimate of drug-likeness (QED) is 0.854. The summed E-state index contributed by atoms with van der Waals surface area (Å²) in [6, 6.07) is 9.14. The zero-order chi connectivity index (χ0) is 13.8. The predicted molar refractivity (Wildman–Crippen MR) is 69.4 cm³/mol. The van der Waals surface area contributed by atoms with Gasteiger partial charge in [0.1, 0.15) is 6.26 Å². The second kappa shape index (κ2) is 5.30. The average molecular weight is 257 g/mol. The Morgan fingerprint density at radius 3 is 2.53 bits per heavy atom. The van der Waals surface area contributed by atoms with Crippen LogP contribution in [0.25, 0.3) is 0 Å². The van der Waals surface area contributed by atoms with E-state index >= 15 is 0 Å². The third-order valence-electron chi connectivity index (χ3n) is 2.49. The number of carbonyl (C=O) groups excluding carboxylic acids is 2. The smallest absolute Gasteiger partial charge is 0.335 e. The minimum Gasteiger partial charge on any atom is -0.430 e. The van der Waals surface area contributed by atoms with Gasteiger partial charge in [0, 0.05) is 17.3 Å². The van der Waals surface area contributed by atoms with Gasteiger partial charge in [-0.3, -0.25) is 9.59 Å². The summed E-state index contributed by atoms with van der Waals surface area (Å²) in [5, 5.41) is 2.62. The van der Waals surface area contributed by atoms with Crippen LogP contribution in [0, 0.1) is 0 Å². The van der Waals surface area contributed by atoms with Gasteiger partial charge >= 0.3 is 5.63 Å². The molecule has 1 N–H and O–H groups in total. The van der Waals surface area contributed by atoms with Crippen LogP contribution in [-0.4, -0.2) is 11.7 Å². The molecule has 2 aromatic rings. The molecule has 19 heavy (non-hydrogen) atoms. The molecule has 0 spiro atoms. The fourth-order valence-electron chi connectivity index (χ4n) is 1.51. The number of ketones is 1. The van der Waals surface area contributed by atoms with Crippen molar-refractivity contribution >= 4 is 17.4 Å². The van der Waals surface area contributed by atoms with Crippen molar-refractivity contribution in [2.75, 3.05) is 5.32 Å². The van der Waals surface area contributed by atoms with Gasteiger partial charge in [0.2, 0.25) is 0 Å². The maximum Gasteiger partial charge on any atom is 0.335 e. The monoisotopic (exact) mass is 257 g/mol. The molecule has 0 saturated heterocycles. The number of hydrogen-bond donors (Lipinski definition) is 1. The number of amides is 1. The minimum atomic E-state index is -0.518. The molecule has 1 aromatic heterocycles. The fourth-order valence-corrected chi connectivity index (χ4v) is 1.51. The summed E-state index contributed by atoms with van der Waals surface area (Å²) in [6.07, 6.45) is 1.09. The van der Waals surface area contributed by atoms with Crippen molar-refractivity contribution in [3.05, 3.63) is 64.2 Å². The Kier molecular flexibility index (Phi) is 3.56. The molecule has 0 aliphatic rings. The molecule has 2 rings (SSSR count). The van der Waals surface area contributed by atoms with Gasteiger partial charge < -0.3 is 9.73 Å². The van der Waals surface area contributed by atoms with Crippen LogP contribution in [0.15, 0.2) is 51.9 Å². The van der Waals surface area contributed by atoms with Gasteiger partial charge in [0.05, 0.1) is 5.56 Å². The molecular formula is C14H11NO4. The first-order valence-electron chi connectivity index (χ1n) is 5.57. The molecule has 0 aliphatic heterocycles. The van der Waals surface area contributed by atoms with E-state index in [4.69, 9.17) is 0 Å². The Labute approximate surface area is 108 Å². The summed E-state index contributed by atoms with van der Waals surface area (Å²) in [5.74, 6) is -0.494. The van der Waals surface area contributed by atoms with Crippen molar-refractivity contribution in [3.63, 3.8) is 0 Å².